The summed E-state index contributed by atoms with van der Waals surface area (Å²) in [6.07, 6.45) is 1.78. The normalized spacial score (nSPS) is 14.1. The number of hydrogen-bond acceptors (Lipinski definition) is 6. The van der Waals surface area contributed by atoms with Crippen LogP contribution in [0.15, 0.2) is 79.0 Å². The van der Waals surface area contributed by atoms with Gasteiger partial charge >= 0.3 is 0 Å². The first-order chi connectivity index (χ1) is 17.2. The molecule has 35 heavy (non-hydrogen) atoms. The Labute approximate surface area is 205 Å². The number of aromatic nitrogens is 2. The maximum Gasteiger partial charge on any atom is 0.142 e. The molecule has 1 saturated heterocycles. The number of nitrogens with zero attached hydrogens (tertiary/aromatic N) is 3. The fourth-order valence-electron chi connectivity index (χ4n) is 4.54. The molecule has 5 rings (SSSR count). The number of hydrogen-bond donors (Lipinski definition) is 2. The molecule has 0 bridgehead atoms. The van der Waals surface area contributed by atoms with Crippen molar-refractivity contribution >= 4 is 5.69 Å². The third-order valence-corrected chi connectivity index (χ3v) is 6.44. The van der Waals surface area contributed by atoms with Gasteiger partial charge in [-0.15, -0.1) is 0 Å². The maximum absolute atomic E-state index is 10.7. The molecule has 1 aromatic heterocycles. The highest BCUT2D eigenvalue weighted by Gasteiger charge is 2.19. The van der Waals surface area contributed by atoms with E-state index < -0.39 is 0 Å². The van der Waals surface area contributed by atoms with Crippen LogP contribution in [0.5, 0.6) is 17.2 Å². The first-order valence-electron chi connectivity index (χ1n) is 11.9. The summed E-state index contributed by atoms with van der Waals surface area (Å²) in [6, 6.07) is 23.6. The van der Waals surface area contributed by atoms with Gasteiger partial charge in [-0.2, -0.15) is 5.10 Å². The van der Waals surface area contributed by atoms with Crippen molar-refractivity contribution in [2.45, 2.75) is 0 Å². The number of benzene rings is 3. The van der Waals surface area contributed by atoms with Gasteiger partial charge in [-0.05, 0) is 29.8 Å². The second-order valence-electron chi connectivity index (χ2n) is 8.55. The van der Waals surface area contributed by atoms with Crippen molar-refractivity contribution in [3.8, 4) is 39.6 Å². The van der Waals surface area contributed by atoms with Crippen LogP contribution in [0.3, 0.4) is 0 Å². The fourth-order valence-corrected chi connectivity index (χ4v) is 4.54. The highest BCUT2D eigenvalue weighted by molar-refractivity contribution is 5.83. The summed E-state index contributed by atoms with van der Waals surface area (Å²) >= 11 is 0. The second kappa shape index (κ2) is 10.5. The van der Waals surface area contributed by atoms with Crippen molar-refractivity contribution < 1.29 is 14.6 Å². The average Bonchev–Trinajstić information content (AvgIpc) is 3.39. The Morgan fingerprint density at radius 2 is 1.69 bits per heavy atom. The Balaban J connectivity index is 1.15. The summed E-state index contributed by atoms with van der Waals surface area (Å²) in [4.78, 5) is 4.77. The highest BCUT2D eigenvalue weighted by atomic mass is 16.5. The Morgan fingerprint density at radius 1 is 0.914 bits per heavy atom. The van der Waals surface area contributed by atoms with Gasteiger partial charge in [-0.25, -0.2) is 0 Å². The zero-order valence-corrected chi connectivity index (χ0v) is 19.9. The van der Waals surface area contributed by atoms with Crippen LogP contribution in [0, 0.1) is 0 Å². The van der Waals surface area contributed by atoms with E-state index in [9.17, 15) is 5.11 Å². The van der Waals surface area contributed by atoms with Crippen LogP contribution >= 0.6 is 0 Å². The number of para-hydroxylation sites is 2. The predicted molar refractivity (Wildman–Crippen MR) is 138 cm³/mol. The molecule has 0 radical (unpaired) electrons. The third-order valence-electron chi connectivity index (χ3n) is 6.44. The van der Waals surface area contributed by atoms with Crippen LogP contribution in [0.25, 0.3) is 22.4 Å². The Hall–Kier alpha value is -3.97. The van der Waals surface area contributed by atoms with E-state index in [0.717, 1.165) is 61.0 Å². The molecule has 2 heterocycles. The second-order valence-corrected chi connectivity index (χ2v) is 8.55. The summed E-state index contributed by atoms with van der Waals surface area (Å²) in [5.41, 5.74) is 4.62. The largest absolute Gasteiger partial charge is 0.507 e. The number of piperazine rings is 1. The van der Waals surface area contributed by atoms with E-state index >= 15 is 0 Å². The molecule has 1 aliphatic heterocycles. The molecule has 0 aliphatic carbocycles. The van der Waals surface area contributed by atoms with Gasteiger partial charge in [0.15, 0.2) is 0 Å². The van der Waals surface area contributed by atoms with Crippen molar-refractivity contribution in [1.82, 2.24) is 15.1 Å². The summed E-state index contributed by atoms with van der Waals surface area (Å²) < 4.78 is 11.5. The van der Waals surface area contributed by atoms with Crippen LogP contribution in [0.1, 0.15) is 0 Å². The molecule has 3 aromatic carbocycles. The van der Waals surface area contributed by atoms with Gasteiger partial charge in [0.05, 0.1) is 24.7 Å². The van der Waals surface area contributed by atoms with Crippen molar-refractivity contribution in [2.75, 3.05) is 51.3 Å². The van der Waals surface area contributed by atoms with Gasteiger partial charge < -0.3 is 19.5 Å². The predicted octanol–water partition coefficient (Wildman–Crippen LogP) is 4.66. The monoisotopic (exact) mass is 470 g/mol. The molecule has 7 nitrogen and oxygen atoms in total. The van der Waals surface area contributed by atoms with Crippen LogP contribution in [-0.4, -0.2) is 66.6 Å². The molecule has 0 atom stereocenters. The van der Waals surface area contributed by atoms with Crippen molar-refractivity contribution in [2.24, 2.45) is 0 Å². The molecule has 0 amide bonds. The molecular formula is C28H30N4O3. The minimum absolute atomic E-state index is 0.161. The van der Waals surface area contributed by atoms with E-state index in [1.165, 1.54) is 0 Å². The summed E-state index contributed by atoms with van der Waals surface area (Å²) in [5, 5.41) is 17.9. The van der Waals surface area contributed by atoms with Gasteiger partial charge in [0.2, 0.25) is 0 Å². The lowest BCUT2D eigenvalue weighted by molar-refractivity contribution is 0.200. The van der Waals surface area contributed by atoms with Gasteiger partial charge in [0, 0.05) is 49.9 Å². The van der Waals surface area contributed by atoms with E-state index in [1.54, 1.807) is 19.4 Å². The molecule has 4 aromatic rings. The van der Waals surface area contributed by atoms with Gasteiger partial charge in [0.25, 0.3) is 0 Å². The molecule has 0 spiro atoms. The zero-order chi connectivity index (χ0) is 24.0. The average molecular weight is 471 g/mol. The number of H-pyrrole nitrogens is 1. The van der Waals surface area contributed by atoms with E-state index in [0.29, 0.717) is 17.9 Å². The summed E-state index contributed by atoms with van der Waals surface area (Å²) in [7, 11) is 1.72. The van der Waals surface area contributed by atoms with Crippen LogP contribution in [0.2, 0.25) is 0 Å². The molecular weight excluding hydrogens is 440 g/mol. The zero-order valence-electron chi connectivity index (χ0n) is 19.9. The minimum Gasteiger partial charge on any atom is -0.507 e. The van der Waals surface area contributed by atoms with Crippen molar-refractivity contribution in [3.63, 3.8) is 0 Å². The molecule has 7 heteroatoms. The Kier molecular flexibility index (Phi) is 6.86. The molecule has 180 valence electrons. The number of aromatic hydroxyl groups is 1. The van der Waals surface area contributed by atoms with E-state index in [4.69, 9.17) is 9.47 Å². The van der Waals surface area contributed by atoms with E-state index in [1.807, 2.05) is 60.7 Å². The number of methoxy groups -OCH3 is 1. The molecule has 2 N–H and O–H groups in total. The van der Waals surface area contributed by atoms with Crippen molar-refractivity contribution in [1.29, 1.82) is 0 Å². The smallest absolute Gasteiger partial charge is 0.142 e. The Morgan fingerprint density at radius 3 is 2.46 bits per heavy atom. The quantitative estimate of drug-likeness (QED) is 0.390. The first kappa shape index (κ1) is 22.8. The van der Waals surface area contributed by atoms with Gasteiger partial charge in [-0.3, -0.25) is 10.00 Å². The van der Waals surface area contributed by atoms with Gasteiger partial charge in [-0.1, -0.05) is 42.5 Å². The molecule has 1 fully saturated rings. The SMILES string of the molecule is COc1ccccc1N1CCN(CCOc2ccc(-c3[nH]ncc3-c3ccccc3)c(O)c2)CC1. The Bertz CT molecular complexity index is 1250. The fraction of sp³-hybridized carbons (Fsp3) is 0.250. The standard InChI is InChI=1S/C28H30N4O3/c1-34-27-10-6-5-9-25(27)32-15-13-31(14-16-32)17-18-35-22-11-12-23(26(33)19-22)28-24(20-29-30-28)21-7-3-2-4-8-21/h2-12,19-20,33H,13-18H2,1H3,(H,29,30). The number of aromatic amines is 1. The number of phenols is 1. The number of phenolic OH excluding ortho intramolecular Hbond substituents is 1. The number of anilines is 1. The molecule has 1 aliphatic rings. The van der Waals surface area contributed by atoms with Crippen LogP contribution in [0.4, 0.5) is 5.69 Å². The first-order valence-corrected chi connectivity index (χ1v) is 11.9. The lowest BCUT2D eigenvalue weighted by Crippen LogP contribution is -2.47. The van der Waals surface area contributed by atoms with Crippen LogP contribution in [-0.2, 0) is 0 Å². The topological polar surface area (TPSA) is 73.9 Å². The van der Waals surface area contributed by atoms with Crippen molar-refractivity contribution in [3.05, 3.63) is 79.0 Å². The van der Waals surface area contributed by atoms with Crippen LogP contribution < -0.4 is 14.4 Å². The number of rotatable bonds is 8. The number of ether oxygens (including phenoxy) is 2. The third kappa shape index (κ3) is 5.10. The molecule has 0 saturated carbocycles. The number of nitrogens with one attached hydrogen (secondary N) is 1. The maximum atomic E-state index is 10.7. The van der Waals surface area contributed by atoms with Gasteiger partial charge in [0.1, 0.15) is 23.9 Å². The van der Waals surface area contributed by atoms with E-state index in [-0.39, 0.29) is 5.75 Å². The summed E-state index contributed by atoms with van der Waals surface area (Å²) in [5.74, 6) is 1.73. The lowest BCUT2D eigenvalue weighted by Gasteiger charge is -2.36. The minimum atomic E-state index is 0.161. The highest BCUT2D eigenvalue weighted by Crippen LogP contribution is 2.37. The summed E-state index contributed by atoms with van der Waals surface area (Å²) in [6.45, 7) is 5.22. The van der Waals surface area contributed by atoms with E-state index in [2.05, 4.69) is 26.1 Å². The lowest BCUT2D eigenvalue weighted by atomic mass is 10.0. The molecule has 0 unspecified atom stereocenters.